The molecule has 0 aromatic heterocycles. The molecule has 0 bridgehead atoms. The number of alkyl halides is 4. The van der Waals surface area contributed by atoms with Gasteiger partial charge in [0.2, 0.25) is 0 Å². The fourth-order valence-corrected chi connectivity index (χ4v) is 0.894. The molecule has 0 aromatic rings. The summed E-state index contributed by atoms with van der Waals surface area (Å²) in [5.41, 5.74) is 4.18. The Morgan fingerprint density at radius 2 is 1.20 bits per heavy atom. The third kappa shape index (κ3) is 95.5. The van der Waals surface area contributed by atoms with Crippen LogP contribution in [0.25, 0.3) is 0 Å². The number of hydrogen-bond acceptors (Lipinski definition) is 8. The number of halogens is 5. The molecule has 0 heterocycles. The van der Waals surface area contributed by atoms with E-state index >= 15 is 0 Å². The van der Waals surface area contributed by atoms with Gasteiger partial charge in [0.15, 0.2) is 0 Å². The summed E-state index contributed by atoms with van der Waals surface area (Å²) in [6.07, 6.45) is -4.18. The van der Waals surface area contributed by atoms with Gasteiger partial charge in [-0.05, 0) is 13.1 Å². The van der Waals surface area contributed by atoms with Crippen LogP contribution in [0.15, 0.2) is 0 Å². The molecule has 0 saturated heterocycles. The second-order valence-corrected chi connectivity index (χ2v) is 5.17. The number of rotatable bonds is 9. The maximum Gasteiger partial charge on any atom is 1.00 e. The number of nitrogens with zero attached hydrogens (tertiary/aromatic N) is 1. The van der Waals surface area contributed by atoms with Crippen LogP contribution in [-0.4, -0.2) is 131 Å². The summed E-state index contributed by atoms with van der Waals surface area (Å²) >= 11 is 2.71. The van der Waals surface area contributed by atoms with Gasteiger partial charge in [-0.2, -0.15) is 13.2 Å². The monoisotopic (exact) mass is 743 g/mol. The third-order valence-corrected chi connectivity index (χ3v) is 2.52. The number of aliphatic carboxylic acids is 4. The van der Waals surface area contributed by atoms with E-state index in [2.05, 4.69) is 27.0 Å². The van der Waals surface area contributed by atoms with Crippen LogP contribution >= 0.6 is 28.3 Å². The molecule has 0 amide bonds. The van der Waals surface area contributed by atoms with Gasteiger partial charge >= 0.3 is 107 Å². The summed E-state index contributed by atoms with van der Waals surface area (Å²) in [7, 11) is 0. The van der Waals surface area contributed by atoms with Crippen molar-refractivity contribution in [1.82, 2.24) is 10.2 Å². The summed E-state index contributed by atoms with van der Waals surface area (Å²) in [4.78, 5) is 40.6. The predicted octanol–water partition coefficient (Wildman–Crippen LogP) is -2.53. The van der Waals surface area contributed by atoms with Crippen LogP contribution in [0.1, 0.15) is 28.7 Å². The molecule has 0 aromatic carbocycles. The Kier molecular flexibility index (Phi) is 83.3. The molecule has 19 heteroatoms. The molecular weight excluding hydrogens is 704 g/mol. The van der Waals surface area contributed by atoms with Crippen molar-refractivity contribution in [3.63, 3.8) is 0 Å². The Labute approximate surface area is 280 Å². The molecule has 0 aliphatic carbocycles. The zero-order chi connectivity index (χ0) is 24.0. The van der Waals surface area contributed by atoms with Gasteiger partial charge in [-0.15, -0.1) is 12.4 Å². The van der Waals surface area contributed by atoms with Crippen LogP contribution in [0.4, 0.5) is 13.2 Å². The maximum atomic E-state index is 10.7. The molecule has 0 spiro atoms. The molecule has 0 unspecified atom stereocenters. The quantitative estimate of drug-likeness (QED) is 0.106. The summed E-state index contributed by atoms with van der Waals surface area (Å²) in [6, 6.07) is 0. The number of nitrogens with one attached hydrogen (secondary N) is 1. The smallest absolute Gasteiger partial charge is 0.870 e. The van der Waals surface area contributed by atoms with Crippen molar-refractivity contribution in [3.8, 4) is 0 Å². The van der Waals surface area contributed by atoms with Crippen LogP contribution < -0.4 is 62.4 Å². The normalized spacial score (nSPS) is 8.00. The molecule has 0 atom stereocenters. The minimum absolute atomic E-state index is 0. The number of likely N-dealkylation sites (N-methyl/N-ethyl adjacent to an activating group) is 2. The largest absolute Gasteiger partial charge is 1.00 e. The van der Waals surface area contributed by atoms with E-state index in [-0.39, 0.29) is 135 Å². The van der Waals surface area contributed by atoms with Crippen molar-refractivity contribution in [2.24, 2.45) is 5.73 Å². The molecule has 0 aliphatic heterocycles. The van der Waals surface area contributed by atoms with Crippen molar-refractivity contribution in [3.05, 3.63) is 0 Å². The van der Waals surface area contributed by atoms with Gasteiger partial charge < -0.3 is 37.0 Å². The van der Waals surface area contributed by atoms with E-state index in [0.717, 1.165) is 0 Å². The van der Waals surface area contributed by atoms with Gasteiger partial charge in [-0.25, -0.2) is 0 Å². The van der Waals surface area contributed by atoms with E-state index in [0.29, 0.717) is 13.1 Å². The summed E-state index contributed by atoms with van der Waals surface area (Å²) in [5.74, 6) is -3.65. The molecule has 8 N–H and O–H groups in total. The van der Waals surface area contributed by atoms with Crippen LogP contribution in [0.3, 0.4) is 0 Å². The fourth-order valence-electron chi connectivity index (χ4n) is 0.894. The Hall–Kier alpha value is 0.786. The van der Waals surface area contributed by atoms with E-state index in [1.807, 2.05) is 6.92 Å². The third-order valence-electron chi connectivity index (χ3n) is 2.04. The van der Waals surface area contributed by atoms with Gasteiger partial charge in [0.1, 0.15) is 5.33 Å². The molecule has 0 saturated carbocycles. The molecule has 0 aliphatic rings. The van der Waals surface area contributed by atoms with Crippen molar-refractivity contribution < 1.29 is 110 Å². The van der Waals surface area contributed by atoms with Gasteiger partial charge in [0, 0.05) is 0 Å². The number of carboxylic acid groups (broad SMARTS) is 4. The molecular formula is C16H40BrClF3InKN3O9. The minimum Gasteiger partial charge on any atom is -0.870 e. The molecule has 12 nitrogen and oxygen atoms in total. The SMILES string of the molecule is C.C.CCN(CC(=O)O)CC(=O)O.CCNCC(=O)O.Cl.NCC(F)(F)F.O=C(O)CBr.[InH3].[K+].[OH-]. The Morgan fingerprint density at radius 1 is 0.914 bits per heavy atom. The average Bonchev–Trinajstić information content (AvgIpc) is 2.59. The van der Waals surface area contributed by atoms with E-state index in [1.165, 1.54) is 4.90 Å². The summed E-state index contributed by atoms with van der Waals surface area (Å²) < 4.78 is 32.0. The van der Waals surface area contributed by atoms with E-state index < -0.39 is 36.6 Å². The Bertz CT molecular complexity index is 475. The zero-order valence-corrected chi connectivity index (χ0v) is 23.3. The van der Waals surface area contributed by atoms with Crippen molar-refractivity contribution in [2.45, 2.75) is 34.9 Å². The van der Waals surface area contributed by atoms with Crippen LogP contribution in [-0.2, 0) is 19.2 Å². The Morgan fingerprint density at radius 3 is 1.29 bits per heavy atom. The van der Waals surface area contributed by atoms with Crippen molar-refractivity contribution in [2.75, 3.05) is 44.6 Å². The van der Waals surface area contributed by atoms with Crippen LogP contribution in [0, 0.1) is 0 Å². The topological polar surface area (TPSA) is 220 Å². The number of hydrogen-bond donors (Lipinski definition) is 6. The molecule has 0 fully saturated rings. The molecule has 35 heavy (non-hydrogen) atoms. The average molecular weight is 745 g/mol. The zero-order valence-electron chi connectivity index (χ0n) is 17.8. The number of carboxylic acids is 4. The van der Waals surface area contributed by atoms with Crippen molar-refractivity contribution >= 4 is 78.1 Å². The first-order chi connectivity index (χ1) is 13.2. The van der Waals surface area contributed by atoms with Crippen molar-refractivity contribution in [1.29, 1.82) is 0 Å². The first-order valence-corrected chi connectivity index (χ1v) is 8.91. The molecule has 212 valence electrons. The van der Waals surface area contributed by atoms with Gasteiger partial charge in [-0.1, -0.05) is 44.6 Å². The predicted molar refractivity (Wildman–Crippen MR) is 133 cm³/mol. The first kappa shape index (κ1) is 65.1. The van der Waals surface area contributed by atoms with Gasteiger partial charge in [-0.3, -0.25) is 24.1 Å². The molecule has 0 rings (SSSR count). The van der Waals surface area contributed by atoms with Crippen LogP contribution in [0.2, 0.25) is 0 Å². The van der Waals surface area contributed by atoms with E-state index in [4.69, 9.17) is 20.4 Å². The fraction of sp³-hybridized carbons (Fsp3) is 0.750. The Balaban J connectivity index is -0.0000000293. The van der Waals surface area contributed by atoms with Crippen LogP contribution in [0.5, 0.6) is 0 Å². The number of carbonyl (C=O) groups is 4. The first-order valence-electron chi connectivity index (χ1n) is 7.79. The van der Waals surface area contributed by atoms with E-state index in [9.17, 15) is 32.3 Å². The number of nitrogens with two attached hydrogens (primary N) is 1. The maximum absolute atomic E-state index is 10.7. The summed E-state index contributed by atoms with van der Waals surface area (Å²) in [5, 5.41) is 34.9. The van der Waals surface area contributed by atoms with Gasteiger partial charge in [0.05, 0.1) is 26.2 Å². The minimum atomic E-state index is -4.18. The second-order valence-electron chi connectivity index (χ2n) is 4.61. The summed E-state index contributed by atoms with van der Waals surface area (Å²) in [6.45, 7) is 3.12. The van der Waals surface area contributed by atoms with Gasteiger partial charge in [0.25, 0.3) is 0 Å². The molecule has 0 radical (unpaired) electrons. The second kappa shape index (κ2) is 44.8. The van der Waals surface area contributed by atoms with E-state index in [1.54, 1.807) is 6.92 Å². The standard InChI is InChI=1S/C6H11NO4.C4H9NO2.C2H3BrO2.C2H4F3N.2CH4.ClH.In.K.H2O.3H/c1-2-7(3-5(8)9)4-6(10)11;1-2-5-3-4(6)7;3-1-2(4)5;3-2(4,5)1-6;;;;;;;;;/h2-4H2,1H3,(H,8,9)(H,10,11);5H,2-3H2,1H3,(H,6,7);1H2,(H,4,5);1,6H2;2*1H4;1H;;;1H2;;;/q;;;;;;;;+1;;;;/p-1.